The number of aromatic nitrogens is 1. The van der Waals surface area contributed by atoms with Crippen LogP contribution in [-0.4, -0.2) is 40.3 Å². The molecule has 1 saturated heterocycles. The number of carbonyl (C=O) groups is 2. The van der Waals surface area contributed by atoms with Crippen LogP contribution < -0.4 is 11.1 Å². The normalized spacial score (nSPS) is 18.8. The van der Waals surface area contributed by atoms with Gasteiger partial charge in [-0.15, -0.1) is 11.3 Å². The highest BCUT2D eigenvalue weighted by atomic mass is 32.1. The van der Waals surface area contributed by atoms with E-state index >= 15 is 0 Å². The van der Waals surface area contributed by atoms with Gasteiger partial charge in [0.15, 0.2) is 0 Å². The van der Waals surface area contributed by atoms with E-state index in [4.69, 9.17) is 10.7 Å². The Morgan fingerprint density at radius 3 is 2.52 bits per heavy atom. The molecule has 6 nitrogen and oxygen atoms in total. The minimum absolute atomic E-state index is 0.0275. The number of thiazole rings is 1. The maximum absolute atomic E-state index is 13.4. The van der Waals surface area contributed by atoms with Crippen molar-refractivity contribution in [2.45, 2.75) is 71.0 Å². The predicted octanol–water partition coefficient (Wildman–Crippen LogP) is 3.62. The zero-order chi connectivity index (χ0) is 22.8. The summed E-state index contributed by atoms with van der Waals surface area (Å²) in [6, 6.07) is 9.07. The van der Waals surface area contributed by atoms with Gasteiger partial charge >= 0.3 is 0 Å². The fraction of sp³-hybridized carbons (Fsp3) is 0.542. The van der Waals surface area contributed by atoms with Crippen LogP contribution in [0.5, 0.6) is 0 Å². The van der Waals surface area contributed by atoms with Crippen LogP contribution >= 0.6 is 11.3 Å². The Hall–Kier alpha value is -2.25. The third-order valence-electron chi connectivity index (χ3n) is 6.12. The maximum Gasteiger partial charge on any atom is 0.246 e. The predicted molar refractivity (Wildman–Crippen MR) is 125 cm³/mol. The Morgan fingerprint density at radius 1 is 1.23 bits per heavy atom. The largest absolute Gasteiger partial charge is 0.343 e. The molecule has 168 valence electrons. The Labute approximate surface area is 189 Å². The highest BCUT2D eigenvalue weighted by Crippen LogP contribution is 2.38. The molecule has 0 aliphatic carbocycles. The fourth-order valence-electron chi connectivity index (χ4n) is 3.99. The first kappa shape index (κ1) is 23.4. The first-order valence-corrected chi connectivity index (χ1v) is 11.9. The lowest BCUT2D eigenvalue weighted by molar-refractivity contribution is -0.138. The molecule has 0 saturated carbocycles. The number of rotatable bonds is 7. The molecule has 1 aliphatic rings. The summed E-state index contributed by atoms with van der Waals surface area (Å²) in [5, 5.41) is 5.92. The summed E-state index contributed by atoms with van der Waals surface area (Å²) >= 11 is 1.62. The topological polar surface area (TPSA) is 88.3 Å². The van der Waals surface area contributed by atoms with E-state index in [1.54, 1.807) is 18.3 Å². The van der Waals surface area contributed by atoms with Crippen LogP contribution in [0.2, 0.25) is 0 Å². The fourth-order valence-corrected chi connectivity index (χ4v) is 5.13. The molecule has 3 atom stereocenters. The molecule has 2 heterocycles. The Balaban J connectivity index is 1.82. The molecular weight excluding hydrogens is 408 g/mol. The highest BCUT2D eigenvalue weighted by Gasteiger charge is 2.38. The molecule has 7 heteroatoms. The molecule has 0 radical (unpaired) electrons. The lowest BCUT2D eigenvalue weighted by atomic mass is 9.82. The van der Waals surface area contributed by atoms with Gasteiger partial charge in [-0.2, -0.15) is 0 Å². The smallest absolute Gasteiger partial charge is 0.246 e. The van der Waals surface area contributed by atoms with E-state index in [1.165, 1.54) is 5.56 Å². The summed E-state index contributed by atoms with van der Waals surface area (Å²) in [6.07, 6.45) is 1.82. The molecular formula is C24H34N4O2S. The van der Waals surface area contributed by atoms with Crippen LogP contribution in [0.15, 0.2) is 35.7 Å². The van der Waals surface area contributed by atoms with Gasteiger partial charge in [-0.3, -0.25) is 9.59 Å². The molecule has 2 aromatic rings. The molecule has 1 aliphatic heterocycles. The van der Waals surface area contributed by atoms with Crippen molar-refractivity contribution in [3.05, 3.63) is 52.0 Å². The summed E-state index contributed by atoms with van der Waals surface area (Å²) in [6.45, 7) is 10.5. The van der Waals surface area contributed by atoms with Gasteiger partial charge in [-0.25, -0.2) is 4.98 Å². The van der Waals surface area contributed by atoms with Gasteiger partial charge < -0.3 is 16.0 Å². The first-order chi connectivity index (χ1) is 14.6. The molecule has 31 heavy (non-hydrogen) atoms. The number of benzene rings is 1. The number of amides is 2. The van der Waals surface area contributed by atoms with Crippen LogP contribution in [0, 0.1) is 5.92 Å². The zero-order valence-corrected chi connectivity index (χ0v) is 19.9. The van der Waals surface area contributed by atoms with Crippen LogP contribution in [0.3, 0.4) is 0 Å². The standard InChI is InChI=1S/C24H34N4O2S/c1-15(2)20(27-21(29)16(3)25)23(30)28-13-9-12-18(28)22-26-19(14-31-22)24(4,5)17-10-7-6-8-11-17/h6-8,10-11,14-16,18,20H,9,12-13,25H2,1-5H3,(H,27,29)/t16-,18-,20?/m0/s1. The number of nitrogens with zero attached hydrogens (tertiary/aromatic N) is 2. The van der Waals surface area contributed by atoms with Crippen molar-refractivity contribution in [2.75, 3.05) is 6.54 Å². The molecule has 0 spiro atoms. The van der Waals surface area contributed by atoms with E-state index in [9.17, 15) is 9.59 Å². The highest BCUT2D eigenvalue weighted by molar-refractivity contribution is 7.09. The second-order valence-electron chi connectivity index (χ2n) is 9.27. The summed E-state index contributed by atoms with van der Waals surface area (Å²) in [5.41, 5.74) is 7.72. The van der Waals surface area contributed by atoms with E-state index in [2.05, 4.69) is 36.7 Å². The maximum atomic E-state index is 13.4. The zero-order valence-electron chi connectivity index (χ0n) is 19.1. The van der Waals surface area contributed by atoms with Gasteiger partial charge in [-0.05, 0) is 31.2 Å². The van der Waals surface area contributed by atoms with Gasteiger partial charge in [0.1, 0.15) is 11.0 Å². The quantitative estimate of drug-likeness (QED) is 0.685. The van der Waals surface area contributed by atoms with Crippen LogP contribution in [0.25, 0.3) is 0 Å². The summed E-state index contributed by atoms with van der Waals surface area (Å²) in [7, 11) is 0. The van der Waals surface area contributed by atoms with Gasteiger partial charge in [0.25, 0.3) is 0 Å². The van der Waals surface area contributed by atoms with Crippen molar-refractivity contribution in [3.8, 4) is 0 Å². The molecule has 0 bridgehead atoms. The average Bonchev–Trinajstić information content (AvgIpc) is 3.41. The van der Waals surface area contributed by atoms with Gasteiger partial charge in [-0.1, -0.05) is 58.0 Å². The number of likely N-dealkylation sites (tertiary alicyclic amines) is 1. The Morgan fingerprint density at radius 2 is 1.90 bits per heavy atom. The Bertz CT molecular complexity index is 907. The van der Waals surface area contributed by atoms with Crippen molar-refractivity contribution in [3.63, 3.8) is 0 Å². The van der Waals surface area contributed by atoms with E-state index in [1.807, 2.05) is 36.9 Å². The third-order valence-corrected chi connectivity index (χ3v) is 7.07. The average molecular weight is 443 g/mol. The van der Waals surface area contributed by atoms with E-state index in [0.29, 0.717) is 6.54 Å². The van der Waals surface area contributed by atoms with E-state index in [0.717, 1.165) is 23.5 Å². The van der Waals surface area contributed by atoms with Crippen molar-refractivity contribution < 1.29 is 9.59 Å². The lowest BCUT2D eigenvalue weighted by Gasteiger charge is -2.30. The van der Waals surface area contributed by atoms with Crippen LogP contribution in [0.1, 0.15) is 69.8 Å². The number of nitrogens with two attached hydrogens (primary N) is 1. The van der Waals surface area contributed by atoms with Gasteiger partial charge in [0.2, 0.25) is 11.8 Å². The molecule has 2 amide bonds. The minimum atomic E-state index is -0.648. The first-order valence-electron chi connectivity index (χ1n) is 11.0. The SMILES string of the molecule is CC(C)C(NC(=O)[C@H](C)N)C(=O)N1CCC[C@H]1c1nc(C(C)(C)c2ccccc2)cs1. The van der Waals surface area contributed by atoms with Crippen molar-refractivity contribution in [2.24, 2.45) is 11.7 Å². The van der Waals surface area contributed by atoms with E-state index in [-0.39, 0.29) is 29.2 Å². The molecule has 1 aromatic heterocycles. The monoisotopic (exact) mass is 442 g/mol. The summed E-state index contributed by atoms with van der Waals surface area (Å²) in [5.74, 6) is -0.380. The van der Waals surface area contributed by atoms with Crippen molar-refractivity contribution >= 4 is 23.2 Å². The van der Waals surface area contributed by atoms with Gasteiger partial charge in [0, 0.05) is 17.3 Å². The molecule has 3 rings (SSSR count). The minimum Gasteiger partial charge on any atom is -0.343 e. The van der Waals surface area contributed by atoms with Crippen molar-refractivity contribution in [1.82, 2.24) is 15.2 Å². The second kappa shape index (κ2) is 9.49. The van der Waals surface area contributed by atoms with Crippen molar-refractivity contribution in [1.29, 1.82) is 0 Å². The van der Waals surface area contributed by atoms with Gasteiger partial charge in [0.05, 0.1) is 17.8 Å². The van der Waals surface area contributed by atoms with Crippen LogP contribution in [0.4, 0.5) is 0 Å². The second-order valence-corrected chi connectivity index (χ2v) is 10.2. The summed E-state index contributed by atoms with van der Waals surface area (Å²) in [4.78, 5) is 32.4. The number of hydrogen-bond donors (Lipinski definition) is 2. The molecule has 1 unspecified atom stereocenters. The number of nitrogens with one attached hydrogen (secondary N) is 1. The van der Waals surface area contributed by atoms with E-state index < -0.39 is 12.1 Å². The molecule has 3 N–H and O–H groups in total. The summed E-state index contributed by atoms with van der Waals surface area (Å²) < 4.78 is 0. The molecule has 1 fully saturated rings. The van der Waals surface area contributed by atoms with Crippen LogP contribution in [-0.2, 0) is 15.0 Å². The third kappa shape index (κ3) is 4.99. The number of hydrogen-bond acceptors (Lipinski definition) is 5. The molecule has 1 aromatic carbocycles. The Kier molecular flexibility index (Phi) is 7.17. The number of carbonyl (C=O) groups excluding carboxylic acids is 2. The lowest BCUT2D eigenvalue weighted by Crippen LogP contribution is -2.54.